The molecule has 2 aliphatic rings. The molecule has 1 saturated carbocycles. The molecule has 5 nitrogen and oxygen atoms in total. The summed E-state index contributed by atoms with van der Waals surface area (Å²) in [6.07, 6.45) is 5.65. The van der Waals surface area contributed by atoms with Gasteiger partial charge in [-0.3, -0.25) is 9.10 Å². The van der Waals surface area contributed by atoms with E-state index >= 15 is 0 Å². The second-order valence-corrected chi connectivity index (χ2v) is 9.94. The molecule has 0 radical (unpaired) electrons. The van der Waals surface area contributed by atoms with E-state index in [4.69, 9.17) is 11.6 Å². The lowest BCUT2D eigenvalue weighted by Gasteiger charge is -2.29. The Morgan fingerprint density at radius 1 is 1.19 bits per heavy atom. The molecule has 0 bridgehead atoms. The van der Waals surface area contributed by atoms with Gasteiger partial charge in [0.25, 0.3) is 10.0 Å². The van der Waals surface area contributed by atoms with Crippen molar-refractivity contribution >= 4 is 44.4 Å². The molecular weight excluding hydrogens is 404 g/mol. The van der Waals surface area contributed by atoms with Gasteiger partial charge in [-0.1, -0.05) is 36.6 Å². The Balaban J connectivity index is 1.71. The van der Waals surface area contributed by atoms with Gasteiger partial charge < -0.3 is 5.32 Å². The van der Waals surface area contributed by atoms with Crippen molar-refractivity contribution in [2.24, 2.45) is 0 Å². The summed E-state index contributed by atoms with van der Waals surface area (Å²) in [7, 11) is -3.94. The van der Waals surface area contributed by atoms with E-state index in [0.717, 1.165) is 31.2 Å². The first kappa shape index (κ1) is 18.5. The van der Waals surface area contributed by atoms with Gasteiger partial charge >= 0.3 is 0 Å². The maximum atomic E-state index is 13.2. The number of fused-ring (bicyclic) bond motifs is 1. The number of anilines is 1. The summed E-state index contributed by atoms with van der Waals surface area (Å²) in [6.45, 7) is 0.150. The molecule has 1 aromatic carbocycles. The quantitative estimate of drug-likeness (QED) is 0.745. The van der Waals surface area contributed by atoms with Crippen molar-refractivity contribution in [3.63, 3.8) is 0 Å². The molecule has 1 aliphatic carbocycles. The number of halogens is 1. The fourth-order valence-corrected chi connectivity index (χ4v) is 6.12. The molecule has 1 aliphatic heterocycles. The molecule has 1 fully saturated rings. The minimum Gasteiger partial charge on any atom is -0.387 e. The monoisotopic (exact) mass is 422 g/mol. The van der Waals surface area contributed by atoms with Crippen LogP contribution in [0.15, 0.2) is 46.8 Å². The van der Waals surface area contributed by atoms with Crippen LogP contribution in [-0.2, 0) is 16.6 Å². The number of carbonyl (C=O) groups excluding carboxylic acids is 1. The van der Waals surface area contributed by atoms with Gasteiger partial charge in [0.2, 0.25) is 5.78 Å². The molecule has 4 rings (SSSR count). The summed E-state index contributed by atoms with van der Waals surface area (Å²) in [4.78, 5) is 13.1. The molecule has 1 aromatic heterocycles. The standard InChI is InChI=1S/C19H19ClN2O3S2/c20-14-7-5-13(6-8-14)12-22-16-9-10-26-19(16)18(23)17(27(22,24)25)11-21-15-3-1-2-4-15/h5-11,15,21H,1-4,12H2/b17-11-. The maximum absolute atomic E-state index is 13.2. The molecule has 8 heteroatoms. The zero-order valence-corrected chi connectivity index (χ0v) is 16.9. The molecule has 0 unspecified atom stereocenters. The Labute approximate surface area is 167 Å². The molecule has 1 N–H and O–H groups in total. The fraction of sp³-hybridized carbons (Fsp3) is 0.316. The third-order valence-electron chi connectivity index (χ3n) is 4.96. The Morgan fingerprint density at radius 3 is 2.59 bits per heavy atom. The normalized spacial score (nSPS) is 20.9. The molecule has 0 atom stereocenters. The zero-order chi connectivity index (χ0) is 19.0. The van der Waals surface area contributed by atoms with Gasteiger partial charge in [-0.25, -0.2) is 8.42 Å². The van der Waals surface area contributed by atoms with Crippen LogP contribution in [0.25, 0.3) is 0 Å². The first-order chi connectivity index (χ1) is 13.0. The first-order valence-corrected chi connectivity index (χ1v) is 11.5. The van der Waals surface area contributed by atoms with Crippen molar-refractivity contribution in [3.05, 3.63) is 62.3 Å². The highest BCUT2D eigenvalue weighted by Crippen LogP contribution is 2.39. The van der Waals surface area contributed by atoms with Gasteiger partial charge in [0, 0.05) is 17.3 Å². The number of allylic oxidation sites excluding steroid dienone is 1. The molecule has 0 amide bonds. The summed E-state index contributed by atoms with van der Waals surface area (Å²) in [5.74, 6) is -0.433. The van der Waals surface area contributed by atoms with Crippen LogP contribution in [-0.4, -0.2) is 20.2 Å². The second kappa shape index (κ2) is 7.30. The van der Waals surface area contributed by atoms with Crippen LogP contribution in [0.2, 0.25) is 5.02 Å². The fourth-order valence-electron chi connectivity index (χ4n) is 3.50. The largest absolute Gasteiger partial charge is 0.387 e. The number of ketones is 1. The summed E-state index contributed by atoms with van der Waals surface area (Å²) < 4.78 is 27.8. The van der Waals surface area contributed by atoms with Gasteiger partial charge in [0.15, 0.2) is 4.91 Å². The Bertz CT molecular complexity index is 990. The summed E-state index contributed by atoms with van der Waals surface area (Å²) in [6, 6.07) is 8.96. The van der Waals surface area contributed by atoms with Crippen LogP contribution < -0.4 is 9.62 Å². The molecule has 142 valence electrons. The molecule has 0 saturated heterocycles. The average Bonchev–Trinajstić information content (AvgIpc) is 3.32. The van der Waals surface area contributed by atoms with E-state index in [1.54, 1.807) is 35.7 Å². The van der Waals surface area contributed by atoms with Gasteiger partial charge in [0.05, 0.1) is 12.2 Å². The summed E-state index contributed by atoms with van der Waals surface area (Å²) in [5, 5.41) is 5.49. The highest BCUT2D eigenvalue weighted by Gasteiger charge is 2.41. The van der Waals surface area contributed by atoms with E-state index in [2.05, 4.69) is 5.32 Å². The summed E-state index contributed by atoms with van der Waals surface area (Å²) in [5.41, 5.74) is 1.25. The topological polar surface area (TPSA) is 66.5 Å². The lowest BCUT2D eigenvalue weighted by Crippen LogP contribution is -2.39. The van der Waals surface area contributed by atoms with Gasteiger partial charge in [-0.05, 0) is 42.0 Å². The third kappa shape index (κ3) is 3.51. The lowest BCUT2D eigenvalue weighted by molar-refractivity contribution is 0.104. The number of hydrogen-bond acceptors (Lipinski definition) is 5. The maximum Gasteiger partial charge on any atom is 0.270 e. The molecule has 2 aromatic rings. The third-order valence-corrected chi connectivity index (χ3v) is 7.88. The van der Waals surface area contributed by atoms with Crippen molar-refractivity contribution in [3.8, 4) is 0 Å². The van der Waals surface area contributed by atoms with Crippen LogP contribution >= 0.6 is 22.9 Å². The highest BCUT2D eigenvalue weighted by molar-refractivity contribution is 7.97. The number of hydrogen-bond donors (Lipinski definition) is 1. The first-order valence-electron chi connectivity index (χ1n) is 8.82. The lowest BCUT2D eigenvalue weighted by atomic mass is 10.2. The smallest absolute Gasteiger partial charge is 0.270 e. The van der Waals surface area contributed by atoms with Crippen molar-refractivity contribution in [1.82, 2.24) is 5.32 Å². The van der Waals surface area contributed by atoms with E-state index in [1.165, 1.54) is 21.8 Å². The SMILES string of the molecule is O=C1/C(=C/NC2CCCC2)S(=O)(=O)N(Cc2ccc(Cl)cc2)c2ccsc21. The minimum absolute atomic E-state index is 0.150. The predicted molar refractivity (Wildman–Crippen MR) is 109 cm³/mol. The minimum atomic E-state index is -3.94. The molecule has 27 heavy (non-hydrogen) atoms. The number of sulfonamides is 1. The zero-order valence-electron chi connectivity index (χ0n) is 14.5. The van der Waals surface area contributed by atoms with E-state index in [-0.39, 0.29) is 17.5 Å². The number of rotatable bonds is 4. The van der Waals surface area contributed by atoms with Crippen LogP contribution in [0.4, 0.5) is 5.69 Å². The molecular formula is C19H19ClN2O3S2. The molecule has 2 heterocycles. The van der Waals surface area contributed by atoms with E-state index < -0.39 is 15.8 Å². The van der Waals surface area contributed by atoms with E-state index in [9.17, 15) is 13.2 Å². The van der Waals surface area contributed by atoms with Gasteiger partial charge in [-0.2, -0.15) is 0 Å². The number of nitrogens with one attached hydrogen (secondary N) is 1. The van der Waals surface area contributed by atoms with E-state index in [0.29, 0.717) is 15.6 Å². The van der Waals surface area contributed by atoms with Crippen LogP contribution in [0, 0.1) is 0 Å². The van der Waals surface area contributed by atoms with E-state index in [1.807, 2.05) is 0 Å². The average molecular weight is 423 g/mol. The number of benzene rings is 1. The Hall–Kier alpha value is -1.83. The second-order valence-electron chi connectivity index (χ2n) is 6.76. The van der Waals surface area contributed by atoms with Crippen molar-refractivity contribution in [2.75, 3.05) is 4.31 Å². The highest BCUT2D eigenvalue weighted by atomic mass is 35.5. The van der Waals surface area contributed by atoms with Gasteiger partial charge in [0.1, 0.15) is 4.88 Å². The Kier molecular flexibility index (Phi) is 5.01. The van der Waals surface area contributed by atoms with Crippen LogP contribution in [0.5, 0.6) is 0 Å². The number of nitrogens with zero attached hydrogens (tertiary/aromatic N) is 1. The number of carbonyl (C=O) groups is 1. The van der Waals surface area contributed by atoms with Crippen molar-refractivity contribution in [2.45, 2.75) is 38.3 Å². The van der Waals surface area contributed by atoms with Crippen molar-refractivity contribution in [1.29, 1.82) is 0 Å². The Morgan fingerprint density at radius 2 is 1.89 bits per heavy atom. The van der Waals surface area contributed by atoms with Crippen LogP contribution in [0.3, 0.4) is 0 Å². The summed E-state index contributed by atoms with van der Waals surface area (Å²) >= 11 is 7.20. The van der Waals surface area contributed by atoms with Crippen molar-refractivity contribution < 1.29 is 13.2 Å². The van der Waals surface area contributed by atoms with Gasteiger partial charge in [-0.15, -0.1) is 11.3 Å². The number of thiophene rings is 1. The molecule has 0 spiro atoms. The predicted octanol–water partition coefficient (Wildman–Crippen LogP) is 4.31. The number of Topliss-reactive ketones (excluding diaryl/α,β-unsaturated/α-hetero) is 1. The van der Waals surface area contributed by atoms with Crippen LogP contribution in [0.1, 0.15) is 40.9 Å².